The van der Waals surface area contributed by atoms with E-state index >= 15 is 4.39 Å². The van der Waals surface area contributed by atoms with Crippen molar-refractivity contribution in [3.8, 4) is 22.8 Å². The molecule has 0 saturated carbocycles. The zero-order chi connectivity index (χ0) is 29.8. The molecule has 3 heterocycles. The van der Waals surface area contributed by atoms with Gasteiger partial charge in [0.25, 0.3) is 5.88 Å². The van der Waals surface area contributed by atoms with Gasteiger partial charge in [-0.3, -0.25) is 4.98 Å². The van der Waals surface area contributed by atoms with Crippen LogP contribution in [-0.4, -0.2) is 52.9 Å². The molecule has 0 spiro atoms. The maximum absolute atomic E-state index is 15.3. The van der Waals surface area contributed by atoms with E-state index in [1.807, 2.05) is 51.1 Å². The highest BCUT2D eigenvalue weighted by Gasteiger charge is 2.36. The van der Waals surface area contributed by atoms with E-state index in [2.05, 4.69) is 28.7 Å². The Morgan fingerprint density at radius 3 is 2.34 bits per heavy atom. The van der Waals surface area contributed by atoms with Crippen LogP contribution in [0.25, 0.3) is 11.1 Å². The molecule has 0 amide bonds. The molecular formula is C32H40FN3O5. The molecular weight excluding hydrogens is 525 g/mol. The van der Waals surface area contributed by atoms with Crippen molar-refractivity contribution >= 4 is 11.7 Å². The van der Waals surface area contributed by atoms with Crippen LogP contribution in [0.1, 0.15) is 64.8 Å². The Morgan fingerprint density at radius 1 is 1.07 bits per heavy atom. The lowest BCUT2D eigenvalue weighted by molar-refractivity contribution is -0.160. The summed E-state index contributed by atoms with van der Waals surface area (Å²) in [6.45, 7) is 13.5. The lowest BCUT2D eigenvalue weighted by Crippen LogP contribution is -2.39. The van der Waals surface area contributed by atoms with Gasteiger partial charge in [0, 0.05) is 47.9 Å². The van der Waals surface area contributed by atoms with Crippen molar-refractivity contribution < 1.29 is 28.5 Å². The highest BCUT2D eigenvalue weighted by atomic mass is 19.1. The number of aliphatic carboxylic acids is 1. The molecule has 4 rings (SSSR count). The SMILES string of the molecule is Cc1ncc(-c2cnc(OCCOc3ccccc3)c(F)c2)c(N2CCC(C)(C)CC2)c1[C@H](OC(C)(C)C)C(=O)O. The number of benzene rings is 1. The Labute approximate surface area is 241 Å². The number of rotatable bonds is 10. The lowest BCUT2D eigenvalue weighted by Gasteiger charge is -2.40. The van der Waals surface area contributed by atoms with Crippen LogP contribution >= 0.6 is 0 Å². The average molecular weight is 566 g/mol. The van der Waals surface area contributed by atoms with Gasteiger partial charge in [-0.2, -0.15) is 0 Å². The van der Waals surface area contributed by atoms with Gasteiger partial charge < -0.3 is 24.2 Å². The average Bonchev–Trinajstić information content (AvgIpc) is 2.90. The molecule has 220 valence electrons. The number of halogens is 1. The monoisotopic (exact) mass is 565 g/mol. The van der Waals surface area contributed by atoms with Gasteiger partial charge in [0.05, 0.1) is 11.3 Å². The summed E-state index contributed by atoms with van der Waals surface area (Å²) in [7, 11) is 0. The maximum Gasteiger partial charge on any atom is 0.337 e. The summed E-state index contributed by atoms with van der Waals surface area (Å²) in [4.78, 5) is 23.5. The largest absolute Gasteiger partial charge is 0.490 e. The van der Waals surface area contributed by atoms with Gasteiger partial charge in [-0.15, -0.1) is 0 Å². The zero-order valence-electron chi connectivity index (χ0n) is 24.7. The van der Waals surface area contributed by atoms with Gasteiger partial charge in [-0.05, 0) is 64.2 Å². The summed E-state index contributed by atoms with van der Waals surface area (Å²) in [5.74, 6) is -1.17. The third kappa shape index (κ3) is 7.73. The van der Waals surface area contributed by atoms with Crippen LogP contribution in [0.4, 0.5) is 10.1 Å². The van der Waals surface area contributed by atoms with E-state index in [9.17, 15) is 9.90 Å². The molecule has 0 radical (unpaired) electrons. The van der Waals surface area contributed by atoms with E-state index in [0.717, 1.165) is 25.9 Å². The van der Waals surface area contributed by atoms with Crippen LogP contribution in [0.15, 0.2) is 48.8 Å². The number of nitrogens with zero attached hydrogens (tertiary/aromatic N) is 3. The zero-order valence-corrected chi connectivity index (χ0v) is 24.7. The first kappa shape index (κ1) is 30.2. The number of hydrogen-bond acceptors (Lipinski definition) is 7. The number of pyridine rings is 2. The number of aromatic nitrogens is 2. The highest BCUT2D eigenvalue weighted by Crippen LogP contribution is 2.43. The predicted octanol–water partition coefficient (Wildman–Crippen LogP) is 6.62. The third-order valence-electron chi connectivity index (χ3n) is 7.13. The molecule has 1 fully saturated rings. The topological polar surface area (TPSA) is 94.0 Å². The smallest absolute Gasteiger partial charge is 0.337 e. The minimum atomic E-state index is -1.25. The number of piperidine rings is 1. The summed E-state index contributed by atoms with van der Waals surface area (Å²) in [6.07, 6.45) is 3.79. The fourth-order valence-corrected chi connectivity index (χ4v) is 4.89. The van der Waals surface area contributed by atoms with Crippen LogP contribution in [0.2, 0.25) is 0 Å². The quantitative estimate of drug-likeness (QED) is 0.274. The first-order chi connectivity index (χ1) is 19.3. The Morgan fingerprint density at radius 2 is 1.73 bits per heavy atom. The standard InChI is InChI=1S/C32H40FN3O5/c1-21-26(28(30(37)38)41-31(2,3)4)27(36-14-12-32(5,6)13-15-36)24(20-34-21)22-18-25(33)29(35-19-22)40-17-16-39-23-10-8-7-9-11-23/h7-11,18-20,28H,12-17H2,1-6H3,(H,37,38)/t28-/m0/s1. The van der Waals surface area contributed by atoms with E-state index in [1.54, 1.807) is 13.1 Å². The van der Waals surface area contributed by atoms with Crippen molar-refractivity contribution in [2.24, 2.45) is 5.41 Å². The molecule has 1 aromatic carbocycles. The molecule has 9 heteroatoms. The van der Waals surface area contributed by atoms with E-state index in [-0.39, 0.29) is 24.5 Å². The van der Waals surface area contributed by atoms with Crippen molar-refractivity contribution in [1.29, 1.82) is 0 Å². The molecule has 1 saturated heterocycles. The molecule has 1 N–H and O–H groups in total. The molecule has 8 nitrogen and oxygen atoms in total. The molecule has 1 atom stereocenters. The summed E-state index contributed by atoms with van der Waals surface area (Å²) >= 11 is 0. The van der Waals surface area contributed by atoms with Crippen molar-refractivity contribution in [1.82, 2.24) is 9.97 Å². The second-order valence-electron chi connectivity index (χ2n) is 12.1. The van der Waals surface area contributed by atoms with Crippen molar-refractivity contribution in [2.75, 3.05) is 31.2 Å². The Bertz CT molecular complexity index is 1350. The number of hydrogen-bond donors (Lipinski definition) is 1. The predicted molar refractivity (Wildman–Crippen MR) is 156 cm³/mol. The number of anilines is 1. The van der Waals surface area contributed by atoms with E-state index < -0.39 is 23.5 Å². The fourth-order valence-electron chi connectivity index (χ4n) is 4.89. The maximum atomic E-state index is 15.3. The van der Waals surface area contributed by atoms with Crippen molar-refractivity contribution in [3.63, 3.8) is 0 Å². The van der Waals surface area contributed by atoms with Gasteiger partial charge in [-0.1, -0.05) is 32.0 Å². The second-order valence-corrected chi connectivity index (χ2v) is 12.1. The van der Waals surface area contributed by atoms with Gasteiger partial charge in [0.15, 0.2) is 11.9 Å². The molecule has 2 aromatic heterocycles. The summed E-state index contributed by atoms with van der Waals surface area (Å²) < 4.78 is 32.5. The summed E-state index contributed by atoms with van der Waals surface area (Å²) in [5, 5.41) is 10.3. The number of carbonyl (C=O) groups is 1. The number of carboxylic acid groups (broad SMARTS) is 1. The van der Waals surface area contributed by atoms with E-state index in [4.69, 9.17) is 14.2 Å². The Hall–Kier alpha value is -3.72. The fraction of sp³-hybridized carbons (Fsp3) is 0.469. The van der Waals surface area contributed by atoms with E-state index in [1.165, 1.54) is 12.3 Å². The first-order valence-electron chi connectivity index (χ1n) is 14.0. The van der Waals surface area contributed by atoms with Crippen molar-refractivity contribution in [2.45, 2.75) is 66.1 Å². The second kappa shape index (κ2) is 12.4. The third-order valence-corrected chi connectivity index (χ3v) is 7.13. The van der Waals surface area contributed by atoms with Gasteiger partial charge in [0.1, 0.15) is 19.0 Å². The van der Waals surface area contributed by atoms with Crippen LogP contribution in [0, 0.1) is 18.2 Å². The van der Waals surface area contributed by atoms with Gasteiger partial charge in [0.2, 0.25) is 0 Å². The normalized spacial score (nSPS) is 15.8. The summed E-state index contributed by atoms with van der Waals surface area (Å²) in [5.41, 5.74) is 2.24. The Kier molecular flexibility index (Phi) is 9.17. The minimum Gasteiger partial charge on any atom is -0.490 e. The molecule has 0 unspecified atom stereocenters. The molecule has 3 aromatic rings. The number of para-hydroxylation sites is 1. The van der Waals surface area contributed by atoms with Crippen molar-refractivity contribution in [3.05, 3.63) is 65.9 Å². The molecule has 0 aliphatic carbocycles. The minimum absolute atomic E-state index is 0.119. The van der Waals surface area contributed by atoms with Gasteiger partial charge in [-0.25, -0.2) is 14.2 Å². The number of carboxylic acids is 1. The van der Waals surface area contributed by atoms with Crippen LogP contribution < -0.4 is 14.4 Å². The van der Waals surface area contributed by atoms with Crippen LogP contribution in [0.3, 0.4) is 0 Å². The number of ether oxygens (including phenoxy) is 3. The number of aryl methyl sites for hydroxylation is 1. The lowest BCUT2D eigenvalue weighted by atomic mass is 9.82. The molecule has 1 aliphatic heterocycles. The highest BCUT2D eigenvalue weighted by molar-refractivity contribution is 5.86. The molecule has 1 aliphatic rings. The molecule has 0 bridgehead atoms. The first-order valence-corrected chi connectivity index (χ1v) is 14.0. The van der Waals surface area contributed by atoms with Crippen LogP contribution in [-0.2, 0) is 9.53 Å². The molecule has 41 heavy (non-hydrogen) atoms. The Balaban J connectivity index is 1.68. The van der Waals surface area contributed by atoms with Gasteiger partial charge >= 0.3 is 5.97 Å². The van der Waals surface area contributed by atoms with E-state index in [0.29, 0.717) is 33.8 Å². The summed E-state index contributed by atoms with van der Waals surface area (Å²) in [6, 6.07) is 10.7. The van der Waals surface area contributed by atoms with Crippen LogP contribution in [0.5, 0.6) is 11.6 Å².